The van der Waals surface area contributed by atoms with Gasteiger partial charge in [-0.3, -0.25) is 0 Å². The van der Waals surface area contributed by atoms with Crippen LogP contribution in [0.4, 0.5) is 5.13 Å². The summed E-state index contributed by atoms with van der Waals surface area (Å²) in [6.45, 7) is 4.88. The van der Waals surface area contributed by atoms with Gasteiger partial charge in [-0.15, -0.1) is 11.3 Å². The highest BCUT2D eigenvalue weighted by Gasteiger charge is 2.35. The van der Waals surface area contributed by atoms with Gasteiger partial charge in [0, 0.05) is 24.2 Å². The Morgan fingerprint density at radius 2 is 1.95 bits per heavy atom. The van der Waals surface area contributed by atoms with E-state index >= 15 is 0 Å². The van der Waals surface area contributed by atoms with E-state index in [1.165, 1.54) is 69.8 Å². The third kappa shape index (κ3) is 2.48. The quantitative estimate of drug-likeness (QED) is 0.906. The van der Waals surface area contributed by atoms with Crippen LogP contribution in [0.25, 0.3) is 0 Å². The van der Waals surface area contributed by atoms with Crippen molar-refractivity contribution < 1.29 is 0 Å². The number of piperidine rings is 1. The summed E-state index contributed by atoms with van der Waals surface area (Å²) >= 11 is 1.98. The Labute approximate surface area is 125 Å². The van der Waals surface area contributed by atoms with Gasteiger partial charge in [0.25, 0.3) is 0 Å². The lowest BCUT2D eigenvalue weighted by molar-refractivity contribution is 0.318. The van der Waals surface area contributed by atoms with Crippen LogP contribution < -0.4 is 10.2 Å². The molecule has 2 saturated heterocycles. The van der Waals surface area contributed by atoms with Crippen LogP contribution in [-0.2, 0) is 0 Å². The maximum Gasteiger partial charge on any atom is 0.185 e. The molecule has 0 spiro atoms. The van der Waals surface area contributed by atoms with Crippen LogP contribution in [0.2, 0.25) is 0 Å². The number of hydrogen-bond donors (Lipinski definition) is 1. The van der Waals surface area contributed by atoms with Crippen molar-refractivity contribution in [1.82, 2.24) is 10.3 Å². The van der Waals surface area contributed by atoms with Crippen LogP contribution in [0.1, 0.15) is 49.3 Å². The largest absolute Gasteiger partial charge is 0.347 e. The molecule has 0 radical (unpaired) electrons. The smallest absolute Gasteiger partial charge is 0.185 e. The van der Waals surface area contributed by atoms with Gasteiger partial charge < -0.3 is 10.2 Å². The highest BCUT2D eigenvalue weighted by molar-refractivity contribution is 7.15. The van der Waals surface area contributed by atoms with Crippen molar-refractivity contribution in [3.8, 4) is 0 Å². The van der Waals surface area contributed by atoms with Gasteiger partial charge in [-0.25, -0.2) is 4.98 Å². The van der Waals surface area contributed by atoms with E-state index in [4.69, 9.17) is 4.98 Å². The molecule has 0 bridgehead atoms. The number of aromatic nitrogens is 1. The number of nitrogens with one attached hydrogen (secondary N) is 1. The maximum atomic E-state index is 4.76. The van der Waals surface area contributed by atoms with Gasteiger partial charge in [0.1, 0.15) is 0 Å². The summed E-state index contributed by atoms with van der Waals surface area (Å²) < 4.78 is 0. The summed E-state index contributed by atoms with van der Waals surface area (Å²) in [5.41, 5.74) is 0. The molecule has 3 aliphatic rings. The van der Waals surface area contributed by atoms with E-state index in [9.17, 15) is 0 Å². The van der Waals surface area contributed by atoms with Crippen LogP contribution in [-0.4, -0.2) is 31.2 Å². The molecule has 20 heavy (non-hydrogen) atoms. The minimum absolute atomic E-state index is 0.807. The van der Waals surface area contributed by atoms with Crippen molar-refractivity contribution in [2.24, 2.45) is 11.8 Å². The van der Waals surface area contributed by atoms with Gasteiger partial charge in [-0.1, -0.05) is 19.3 Å². The van der Waals surface area contributed by atoms with Crippen LogP contribution in [0, 0.1) is 11.8 Å². The molecule has 1 aromatic rings. The van der Waals surface area contributed by atoms with Gasteiger partial charge in [-0.2, -0.15) is 0 Å². The minimum Gasteiger partial charge on any atom is -0.347 e. The second-order valence-corrected chi connectivity index (χ2v) is 7.84. The molecule has 3 fully saturated rings. The summed E-state index contributed by atoms with van der Waals surface area (Å²) in [5, 5.41) is 4.83. The Kier molecular flexibility index (Phi) is 3.69. The van der Waals surface area contributed by atoms with E-state index in [0.29, 0.717) is 0 Å². The summed E-state index contributed by atoms with van der Waals surface area (Å²) in [6.07, 6.45) is 10.6. The number of rotatable bonds is 2. The van der Waals surface area contributed by atoms with E-state index in [0.717, 1.165) is 17.8 Å². The van der Waals surface area contributed by atoms with Crippen molar-refractivity contribution in [1.29, 1.82) is 0 Å². The van der Waals surface area contributed by atoms with Crippen molar-refractivity contribution in [2.45, 2.75) is 44.4 Å². The van der Waals surface area contributed by atoms with E-state index in [-0.39, 0.29) is 0 Å². The highest BCUT2D eigenvalue weighted by Crippen LogP contribution is 2.39. The predicted octanol–water partition coefficient (Wildman–Crippen LogP) is 3.24. The zero-order valence-corrected chi connectivity index (χ0v) is 13.0. The predicted molar refractivity (Wildman–Crippen MR) is 84.6 cm³/mol. The molecule has 1 N–H and O–H groups in total. The van der Waals surface area contributed by atoms with E-state index in [1.54, 1.807) is 4.88 Å². The lowest BCUT2D eigenvalue weighted by Crippen LogP contribution is -2.35. The van der Waals surface area contributed by atoms with Gasteiger partial charge in [-0.05, 0) is 50.1 Å². The Hall–Kier alpha value is -0.610. The average Bonchev–Trinajstić information content (AvgIpc) is 3.14. The van der Waals surface area contributed by atoms with Crippen LogP contribution in [0.15, 0.2) is 6.20 Å². The lowest BCUT2D eigenvalue weighted by atomic mass is 9.89. The van der Waals surface area contributed by atoms with Crippen molar-refractivity contribution in [2.75, 3.05) is 31.1 Å². The number of thiazole rings is 1. The van der Waals surface area contributed by atoms with Crippen molar-refractivity contribution in [3.63, 3.8) is 0 Å². The summed E-state index contributed by atoms with van der Waals surface area (Å²) in [5.74, 6) is 2.56. The first kappa shape index (κ1) is 13.1. The van der Waals surface area contributed by atoms with Crippen molar-refractivity contribution >= 4 is 16.5 Å². The Balaban J connectivity index is 1.45. The number of hydrogen-bond acceptors (Lipinski definition) is 4. The molecule has 1 aliphatic carbocycles. The molecule has 2 unspecified atom stereocenters. The molecule has 3 heterocycles. The molecule has 2 atom stereocenters. The molecule has 3 nitrogen and oxygen atoms in total. The van der Waals surface area contributed by atoms with Gasteiger partial charge in [0.05, 0.1) is 0 Å². The first-order valence-electron chi connectivity index (χ1n) is 8.31. The van der Waals surface area contributed by atoms with Gasteiger partial charge >= 0.3 is 0 Å². The minimum atomic E-state index is 0.807. The van der Waals surface area contributed by atoms with E-state index in [2.05, 4.69) is 16.4 Å². The van der Waals surface area contributed by atoms with Crippen LogP contribution >= 0.6 is 11.3 Å². The second-order valence-electron chi connectivity index (χ2n) is 6.80. The standard InChI is InChI=1S/C16H25N3S/c1-2-4-12(5-3-1)15-9-18-16(20-15)19-10-13-6-7-17-8-14(13)11-19/h9,12-14,17H,1-8,10-11H2. The first-order valence-corrected chi connectivity index (χ1v) is 9.13. The molecule has 4 heteroatoms. The fraction of sp³-hybridized carbons (Fsp3) is 0.812. The van der Waals surface area contributed by atoms with E-state index in [1.807, 2.05) is 11.3 Å². The molecule has 1 aromatic heterocycles. The number of anilines is 1. The van der Waals surface area contributed by atoms with Crippen LogP contribution in [0.5, 0.6) is 0 Å². The maximum absolute atomic E-state index is 4.76. The Morgan fingerprint density at radius 3 is 2.80 bits per heavy atom. The fourth-order valence-corrected chi connectivity index (χ4v) is 5.33. The normalized spacial score (nSPS) is 31.5. The van der Waals surface area contributed by atoms with Crippen molar-refractivity contribution in [3.05, 3.63) is 11.1 Å². The molecule has 1 saturated carbocycles. The summed E-state index contributed by atoms with van der Waals surface area (Å²) in [7, 11) is 0. The monoisotopic (exact) mass is 291 g/mol. The Morgan fingerprint density at radius 1 is 1.10 bits per heavy atom. The summed E-state index contributed by atoms with van der Waals surface area (Å²) in [4.78, 5) is 8.86. The van der Waals surface area contributed by atoms with E-state index < -0.39 is 0 Å². The molecule has 2 aliphatic heterocycles. The van der Waals surface area contributed by atoms with Crippen LogP contribution in [0.3, 0.4) is 0 Å². The molecule has 0 aromatic carbocycles. The number of nitrogens with zero attached hydrogens (tertiary/aromatic N) is 2. The topological polar surface area (TPSA) is 28.2 Å². The molecule has 0 amide bonds. The fourth-order valence-electron chi connectivity index (χ4n) is 4.23. The lowest BCUT2D eigenvalue weighted by Gasteiger charge is -2.23. The average molecular weight is 291 g/mol. The first-order chi connectivity index (χ1) is 9.90. The van der Waals surface area contributed by atoms with Gasteiger partial charge in [0.15, 0.2) is 5.13 Å². The summed E-state index contributed by atoms with van der Waals surface area (Å²) in [6, 6.07) is 0. The second kappa shape index (κ2) is 5.64. The Bertz CT molecular complexity index is 438. The molecular formula is C16H25N3S. The molecule has 110 valence electrons. The zero-order chi connectivity index (χ0) is 13.4. The zero-order valence-electron chi connectivity index (χ0n) is 12.2. The number of fused-ring (bicyclic) bond motifs is 1. The SMILES string of the molecule is c1nc(N2CC3CCNCC3C2)sc1C1CCCCC1. The third-order valence-electron chi connectivity index (χ3n) is 5.46. The third-order valence-corrected chi connectivity index (χ3v) is 6.68. The van der Waals surface area contributed by atoms with Gasteiger partial charge in [0.2, 0.25) is 0 Å². The molecule has 4 rings (SSSR count). The molecular weight excluding hydrogens is 266 g/mol. The highest BCUT2D eigenvalue weighted by atomic mass is 32.1.